The smallest absolute Gasteiger partial charge is 0.254 e. The monoisotopic (exact) mass is 312 g/mol. The second-order valence-electron chi connectivity index (χ2n) is 6.81. The van der Waals surface area contributed by atoms with Gasteiger partial charge < -0.3 is 10.0 Å². The van der Waals surface area contributed by atoms with E-state index in [0.29, 0.717) is 13.1 Å². The Morgan fingerprint density at radius 3 is 2.70 bits per heavy atom. The molecule has 23 heavy (non-hydrogen) atoms. The van der Waals surface area contributed by atoms with Crippen molar-refractivity contribution < 1.29 is 9.90 Å². The molecule has 2 unspecified atom stereocenters. The predicted molar refractivity (Wildman–Crippen MR) is 91.5 cm³/mol. The van der Waals surface area contributed by atoms with E-state index in [1.54, 1.807) is 6.92 Å². The highest BCUT2D eigenvalue weighted by Crippen LogP contribution is 2.26. The van der Waals surface area contributed by atoms with Crippen LogP contribution in [0.3, 0.4) is 0 Å². The molecule has 0 radical (unpaired) electrons. The van der Waals surface area contributed by atoms with Gasteiger partial charge >= 0.3 is 0 Å². The van der Waals surface area contributed by atoms with Crippen LogP contribution in [0.4, 0.5) is 0 Å². The van der Waals surface area contributed by atoms with Crippen molar-refractivity contribution in [3.8, 4) is 0 Å². The molecule has 4 heteroatoms. The largest absolute Gasteiger partial charge is 0.393 e. The molecule has 4 nitrogen and oxygen atoms in total. The molecule has 3 rings (SSSR count). The summed E-state index contributed by atoms with van der Waals surface area (Å²) >= 11 is 0. The average Bonchev–Trinajstić information content (AvgIpc) is 3.03. The van der Waals surface area contributed by atoms with Crippen LogP contribution in [0.2, 0.25) is 0 Å². The van der Waals surface area contributed by atoms with Gasteiger partial charge in [-0.25, -0.2) is 0 Å². The van der Waals surface area contributed by atoms with E-state index in [0.717, 1.165) is 28.6 Å². The Balaban J connectivity index is 2.00. The highest BCUT2D eigenvalue weighted by atomic mass is 16.3. The summed E-state index contributed by atoms with van der Waals surface area (Å²) in [6.07, 6.45) is 0.497. The number of aliphatic hydroxyl groups is 1. The van der Waals surface area contributed by atoms with Gasteiger partial charge in [0.2, 0.25) is 0 Å². The molecule has 122 valence electrons. The van der Waals surface area contributed by atoms with Gasteiger partial charge in [-0.15, -0.1) is 0 Å². The van der Waals surface area contributed by atoms with Crippen LogP contribution in [0.25, 0.3) is 10.9 Å². The molecule has 1 fully saturated rings. The van der Waals surface area contributed by atoms with Gasteiger partial charge in [-0.2, -0.15) is 0 Å². The van der Waals surface area contributed by atoms with Gasteiger partial charge in [-0.3, -0.25) is 9.78 Å². The Labute approximate surface area is 137 Å². The van der Waals surface area contributed by atoms with Gasteiger partial charge in [-0.1, -0.05) is 32.0 Å². The number of likely N-dealkylation sites (tertiary alicyclic amines) is 1. The fourth-order valence-electron chi connectivity index (χ4n) is 3.20. The molecule has 1 N–H and O–H groups in total. The lowest BCUT2D eigenvalue weighted by atomic mass is 10.0. The number of hydrogen-bond donors (Lipinski definition) is 1. The molecule has 2 heterocycles. The molecule has 0 aliphatic carbocycles. The molecule has 0 saturated carbocycles. The normalized spacial score (nSPS) is 19.5. The van der Waals surface area contributed by atoms with Gasteiger partial charge in [0.1, 0.15) is 0 Å². The molecule has 1 aromatic heterocycles. The third-order valence-corrected chi connectivity index (χ3v) is 4.75. The van der Waals surface area contributed by atoms with Gasteiger partial charge in [0.05, 0.1) is 17.2 Å². The van der Waals surface area contributed by atoms with Crippen LogP contribution < -0.4 is 0 Å². The summed E-state index contributed by atoms with van der Waals surface area (Å²) in [5, 5.41) is 10.7. The quantitative estimate of drug-likeness (QED) is 0.947. The van der Waals surface area contributed by atoms with Crippen LogP contribution in [0, 0.1) is 5.92 Å². The summed E-state index contributed by atoms with van der Waals surface area (Å²) in [6, 6.07) is 9.75. The maximum atomic E-state index is 13.0. The number of amides is 1. The van der Waals surface area contributed by atoms with Crippen molar-refractivity contribution in [2.24, 2.45) is 5.92 Å². The minimum atomic E-state index is -0.367. The molecule has 2 aromatic rings. The Morgan fingerprint density at radius 1 is 1.30 bits per heavy atom. The van der Waals surface area contributed by atoms with Gasteiger partial charge in [0.15, 0.2) is 0 Å². The second kappa shape index (κ2) is 6.28. The first-order valence-electron chi connectivity index (χ1n) is 8.34. The third kappa shape index (κ3) is 3.08. The Kier molecular flexibility index (Phi) is 4.35. The van der Waals surface area contributed by atoms with Crippen molar-refractivity contribution in [3.05, 3.63) is 41.6 Å². The number of carbonyl (C=O) groups is 1. The van der Waals surface area contributed by atoms with Crippen LogP contribution in [0.15, 0.2) is 30.3 Å². The zero-order valence-corrected chi connectivity index (χ0v) is 14.0. The summed E-state index contributed by atoms with van der Waals surface area (Å²) in [7, 11) is 0. The number of pyridine rings is 1. The minimum absolute atomic E-state index is 0.0497. The number of benzene rings is 1. The van der Waals surface area contributed by atoms with E-state index in [-0.39, 0.29) is 23.8 Å². The van der Waals surface area contributed by atoms with Gasteiger partial charge in [0, 0.05) is 30.1 Å². The maximum Gasteiger partial charge on any atom is 0.254 e. The maximum absolute atomic E-state index is 13.0. The Hall–Kier alpha value is -1.94. The van der Waals surface area contributed by atoms with E-state index in [9.17, 15) is 9.90 Å². The minimum Gasteiger partial charge on any atom is -0.393 e. The van der Waals surface area contributed by atoms with Crippen LogP contribution in [0.5, 0.6) is 0 Å². The lowest BCUT2D eigenvalue weighted by molar-refractivity contribution is 0.0764. The fraction of sp³-hybridized carbons (Fsp3) is 0.474. The first-order valence-corrected chi connectivity index (χ1v) is 8.34. The molecule has 1 aliphatic heterocycles. The summed E-state index contributed by atoms with van der Waals surface area (Å²) < 4.78 is 0. The van der Waals surface area contributed by atoms with E-state index in [1.165, 1.54) is 0 Å². The lowest BCUT2D eigenvalue weighted by Crippen LogP contribution is -2.30. The van der Waals surface area contributed by atoms with Crippen LogP contribution in [0.1, 0.15) is 49.2 Å². The molecule has 0 spiro atoms. The highest BCUT2D eigenvalue weighted by molar-refractivity contribution is 6.06. The van der Waals surface area contributed by atoms with Crippen molar-refractivity contribution in [2.75, 3.05) is 13.1 Å². The highest BCUT2D eigenvalue weighted by Gasteiger charge is 2.30. The van der Waals surface area contributed by atoms with E-state index in [4.69, 9.17) is 0 Å². The molecule has 1 aliphatic rings. The van der Waals surface area contributed by atoms with Crippen molar-refractivity contribution in [3.63, 3.8) is 0 Å². The molecular weight excluding hydrogens is 288 g/mol. The molecule has 1 amide bonds. The van der Waals surface area contributed by atoms with E-state index in [1.807, 2.05) is 35.2 Å². The lowest BCUT2D eigenvalue weighted by Gasteiger charge is -2.19. The number of rotatable bonds is 3. The number of fused-ring (bicyclic) bond motifs is 1. The number of para-hydroxylation sites is 1. The van der Waals surface area contributed by atoms with E-state index >= 15 is 0 Å². The van der Waals surface area contributed by atoms with Gasteiger partial charge in [-0.05, 0) is 31.4 Å². The second-order valence-corrected chi connectivity index (χ2v) is 6.81. The van der Waals surface area contributed by atoms with Crippen molar-refractivity contribution in [1.82, 2.24) is 9.88 Å². The topological polar surface area (TPSA) is 53.4 Å². The van der Waals surface area contributed by atoms with Crippen LogP contribution >= 0.6 is 0 Å². The molecule has 0 bridgehead atoms. The number of nitrogens with zero attached hydrogens (tertiary/aromatic N) is 2. The average molecular weight is 312 g/mol. The summed E-state index contributed by atoms with van der Waals surface area (Å²) in [4.78, 5) is 19.6. The number of aromatic nitrogens is 1. The SMILES string of the molecule is CC(C)c1cc(C(=O)N2CCC(C(C)O)C2)c2ccccc2n1. The summed E-state index contributed by atoms with van der Waals surface area (Å²) in [5.41, 5.74) is 2.54. The standard InChI is InChI=1S/C19H24N2O2/c1-12(2)18-10-16(15-6-4-5-7-17(15)20-18)19(23)21-9-8-14(11-21)13(3)22/h4-7,10,12-14,22H,8-9,11H2,1-3H3. The fourth-order valence-corrected chi connectivity index (χ4v) is 3.20. The predicted octanol–water partition coefficient (Wildman–Crippen LogP) is 3.20. The van der Waals surface area contributed by atoms with Gasteiger partial charge in [0.25, 0.3) is 5.91 Å². The number of carbonyl (C=O) groups excluding carboxylic acids is 1. The Bertz CT molecular complexity index is 724. The molecule has 1 saturated heterocycles. The van der Waals surface area contributed by atoms with E-state index < -0.39 is 0 Å². The molecule has 1 aromatic carbocycles. The zero-order chi connectivity index (χ0) is 16.6. The summed E-state index contributed by atoms with van der Waals surface area (Å²) in [5.74, 6) is 0.500. The first kappa shape index (κ1) is 15.9. The Morgan fingerprint density at radius 2 is 2.04 bits per heavy atom. The van der Waals surface area contributed by atoms with Crippen LogP contribution in [-0.2, 0) is 0 Å². The van der Waals surface area contributed by atoms with Crippen molar-refractivity contribution in [1.29, 1.82) is 0 Å². The van der Waals surface area contributed by atoms with Crippen molar-refractivity contribution >= 4 is 16.8 Å². The number of aliphatic hydroxyl groups excluding tert-OH is 1. The zero-order valence-electron chi connectivity index (χ0n) is 14.0. The molecule has 2 atom stereocenters. The molecular formula is C19H24N2O2. The first-order chi connectivity index (χ1) is 11.0. The van der Waals surface area contributed by atoms with E-state index in [2.05, 4.69) is 18.8 Å². The van der Waals surface area contributed by atoms with Crippen molar-refractivity contribution in [2.45, 2.75) is 39.2 Å². The third-order valence-electron chi connectivity index (χ3n) is 4.75. The summed E-state index contributed by atoms with van der Waals surface area (Å²) in [6.45, 7) is 7.32. The number of hydrogen-bond acceptors (Lipinski definition) is 3. The van der Waals surface area contributed by atoms with Crippen LogP contribution in [-0.4, -0.2) is 40.1 Å².